The Morgan fingerprint density at radius 2 is 1.94 bits per heavy atom. The highest BCUT2D eigenvalue weighted by Gasteiger charge is 2.24. The summed E-state index contributed by atoms with van der Waals surface area (Å²) < 4.78 is 26.7. The molecule has 0 bridgehead atoms. The molecule has 0 radical (unpaired) electrons. The van der Waals surface area contributed by atoms with Crippen molar-refractivity contribution in [3.63, 3.8) is 0 Å². The molecule has 90 valence electrons. The molecule has 4 heteroatoms. The van der Waals surface area contributed by atoms with Crippen molar-refractivity contribution >= 4 is 0 Å². The first kappa shape index (κ1) is 13.1. The number of nitrogens with zero attached hydrogens (tertiary/aromatic N) is 1. The van der Waals surface area contributed by atoms with Gasteiger partial charge in [-0.3, -0.25) is 0 Å². The highest BCUT2D eigenvalue weighted by molar-refractivity contribution is 5.23. The van der Waals surface area contributed by atoms with Crippen molar-refractivity contribution in [3.05, 3.63) is 35.4 Å². The zero-order valence-corrected chi connectivity index (χ0v) is 9.74. The van der Waals surface area contributed by atoms with Gasteiger partial charge in [-0.1, -0.05) is 6.92 Å². The Bertz CT molecular complexity index is 355. The van der Waals surface area contributed by atoms with Gasteiger partial charge in [0.15, 0.2) is 0 Å². The minimum atomic E-state index is -0.464. The molecule has 1 aromatic carbocycles. The third kappa shape index (κ3) is 2.77. The van der Waals surface area contributed by atoms with Crippen LogP contribution in [0.4, 0.5) is 8.78 Å². The molecule has 0 saturated carbocycles. The Labute approximate surface area is 94.5 Å². The minimum absolute atomic E-state index is 0.0706. The van der Waals surface area contributed by atoms with Gasteiger partial charge in [0.25, 0.3) is 0 Å². The van der Waals surface area contributed by atoms with Crippen molar-refractivity contribution in [2.75, 3.05) is 20.7 Å². The highest BCUT2D eigenvalue weighted by atomic mass is 19.1. The predicted molar refractivity (Wildman–Crippen MR) is 59.0 cm³/mol. The lowest BCUT2D eigenvalue weighted by Gasteiger charge is -2.29. The van der Waals surface area contributed by atoms with Crippen molar-refractivity contribution < 1.29 is 13.9 Å². The number of hydrogen-bond acceptors (Lipinski definition) is 2. The Morgan fingerprint density at radius 1 is 1.31 bits per heavy atom. The van der Waals surface area contributed by atoms with E-state index >= 15 is 0 Å². The van der Waals surface area contributed by atoms with Crippen LogP contribution in [0, 0.1) is 17.6 Å². The van der Waals surface area contributed by atoms with Crippen molar-refractivity contribution in [2.24, 2.45) is 5.92 Å². The van der Waals surface area contributed by atoms with Crippen LogP contribution >= 0.6 is 0 Å². The standard InChI is InChI=1S/C12H17F2NO/c1-8(7-16)12(15(2)3)10-6-9(13)4-5-11(10)14/h4-6,8,12,16H,7H2,1-3H3. The van der Waals surface area contributed by atoms with Gasteiger partial charge in [-0.15, -0.1) is 0 Å². The summed E-state index contributed by atoms with van der Waals surface area (Å²) in [5.74, 6) is -1.07. The summed E-state index contributed by atoms with van der Waals surface area (Å²) in [6.07, 6.45) is 0. The SMILES string of the molecule is CC(CO)C(c1cc(F)ccc1F)N(C)C. The summed E-state index contributed by atoms with van der Waals surface area (Å²) in [6, 6.07) is 3.06. The van der Waals surface area contributed by atoms with Crippen LogP contribution in [-0.4, -0.2) is 30.7 Å². The predicted octanol–water partition coefficient (Wildman–Crippen LogP) is 2.20. The van der Waals surface area contributed by atoms with Crippen LogP contribution in [0.1, 0.15) is 18.5 Å². The van der Waals surface area contributed by atoms with Gasteiger partial charge < -0.3 is 10.0 Å². The number of halogens is 2. The van der Waals surface area contributed by atoms with E-state index < -0.39 is 11.6 Å². The first-order chi connectivity index (χ1) is 7.47. The molecule has 2 unspecified atom stereocenters. The van der Waals surface area contributed by atoms with E-state index in [4.69, 9.17) is 5.11 Å². The van der Waals surface area contributed by atoms with E-state index in [0.29, 0.717) is 0 Å². The molecule has 2 atom stereocenters. The van der Waals surface area contributed by atoms with E-state index in [0.717, 1.165) is 12.1 Å². The normalized spacial score (nSPS) is 15.2. The zero-order chi connectivity index (χ0) is 12.3. The number of hydrogen-bond donors (Lipinski definition) is 1. The number of aliphatic hydroxyl groups is 1. The molecule has 1 rings (SSSR count). The highest BCUT2D eigenvalue weighted by Crippen LogP contribution is 2.28. The molecule has 0 aromatic heterocycles. The van der Waals surface area contributed by atoms with Gasteiger partial charge in [-0.05, 0) is 38.2 Å². The topological polar surface area (TPSA) is 23.5 Å². The maximum Gasteiger partial charge on any atom is 0.128 e. The Kier molecular flexibility index (Phi) is 4.38. The molecule has 0 aliphatic carbocycles. The van der Waals surface area contributed by atoms with Crippen LogP contribution < -0.4 is 0 Å². The number of aliphatic hydroxyl groups excluding tert-OH is 1. The minimum Gasteiger partial charge on any atom is -0.396 e. The summed E-state index contributed by atoms with van der Waals surface area (Å²) >= 11 is 0. The molecule has 2 nitrogen and oxygen atoms in total. The van der Waals surface area contributed by atoms with Crippen LogP contribution in [0.2, 0.25) is 0 Å². The van der Waals surface area contributed by atoms with Crippen molar-refractivity contribution in [1.82, 2.24) is 4.90 Å². The van der Waals surface area contributed by atoms with E-state index in [2.05, 4.69) is 0 Å². The quantitative estimate of drug-likeness (QED) is 0.855. The van der Waals surface area contributed by atoms with Gasteiger partial charge >= 0.3 is 0 Å². The summed E-state index contributed by atoms with van der Waals surface area (Å²) in [6.45, 7) is 1.73. The molecule has 0 spiro atoms. The second-order valence-corrected chi connectivity index (χ2v) is 4.23. The summed E-state index contributed by atoms with van der Waals surface area (Å²) in [5, 5.41) is 9.13. The van der Waals surface area contributed by atoms with Gasteiger partial charge in [0.1, 0.15) is 11.6 Å². The summed E-state index contributed by atoms with van der Waals surface area (Å²) in [5.41, 5.74) is 0.284. The molecule has 0 amide bonds. The number of benzene rings is 1. The van der Waals surface area contributed by atoms with Crippen LogP contribution in [0.15, 0.2) is 18.2 Å². The fraction of sp³-hybridized carbons (Fsp3) is 0.500. The third-order valence-electron chi connectivity index (χ3n) is 2.66. The largest absolute Gasteiger partial charge is 0.396 e. The third-order valence-corrected chi connectivity index (χ3v) is 2.66. The Hall–Kier alpha value is -1.00. The molecule has 1 N–H and O–H groups in total. The van der Waals surface area contributed by atoms with Gasteiger partial charge in [0.05, 0.1) is 0 Å². The molecule has 1 aromatic rings. The molecule has 0 aliphatic heterocycles. The fourth-order valence-corrected chi connectivity index (χ4v) is 1.93. The van der Waals surface area contributed by atoms with Crippen LogP contribution in [0.5, 0.6) is 0 Å². The van der Waals surface area contributed by atoms with Gasteiger partial charge in [0.2, 0.25) is 0 Å². The average Bonchev–Trinajstić information content (AvgIpc) is 2.22. The number of rotatable bonds is 4. The Balaban J connectivity index is 3.15. The molecular weight excluding hydrogens is 212 g/mol. The summed E-state index contributed by atoms with van der Waals surface area (Å²) in [4.78, 5) is 1.78. The second-order valence-electron chi connectivity index (χ2n) is 4.23. The maximum atomic E-state index is 13.6. The van der Waals surface area contributed by atoms with E-state index in [1.165, 1.54) is 6.07 Å². The monoisotopic (exact) mass is 229 g/mol. The van der Waals surface area contributed by atoms with Gasteiger partial charge in [-0.2, -0.15) is 0 Å². The van der Waals surface area contributed by atoms with E-state index in [9.17, 15) is 8.78 Å². The van der Waals surface area contributed by atoms with Crippen molar-refractivity contribution in [2.45, 2.75) is 13.0 Å². The van der Waals surface area contributed by atoms with Gasteiger partial charge in [-0.25, -0.2) is 8.78 Å². The van der Waals surface area contributed by atoms with Crippen LogP contribution in [0.25, 0.3) is 0 Å². The first-order valence-electron chi connectivity index (χ1n) is 5.19. The smallest absolute Gasteiger partial charge is 0.128 e. The first-order valence-corrected chi connectivity index (χ1v) is 5.19. The molecule has 0 heterocycles. The maximum absolute atomic E-state index is 13.6. The fourth-order valence-electron chi connectivity index (χ4n) is 1.93. The van der Waals surface area contributed by atoms with Crippen molar-refractivity contribution in [3.8, 4) is 0 Å². The Morgan fingerprint density at radius 3 is 2.44 bits per heavy atom. The lowest BCUT2D eigenvalue weighted by molar-refractivity contribution is 0.143. The van der Waals surface area contributed by atoms with Crippen LogP contribution in [-0.2, 0) is 0 Å². The molecular formula is C12H17F2NO. The lowest BCUT2D eigenvalue weighted by atomic mass is 9.93. The second kappa shape index (κ2) is 5.37. The molecule has 0 fully saturated rings. The van der Waals surface area contributed by atoms with Crippen LogP contribution in [0.3, 0.4) is 0 Å². The summed E-state index contributed by atoms with van der Waals surface area (Å²) in [7, 11) is 3.56. The van der Waals surface area contributed by atoms with Gasteiger partial charge in [0, 0.05) is 18.2 Å². The molecule has 0 aliphatic rings. The zero-order valence-electron chi connectivity index (χ0n) is 9.74. The van der Waals surface area contributed by atoms with Crippen molar-refractivity contribution in [1.29, 1.82) is 0 Å². The van der Waals surface area contributed by atoms with E-state index in [1.54, 1.807) is 25.9 Å². The molecule has 0 saturated heterocycles. The molecule has 16 heavy (non-hydrogen) atoms. The average molecular weight is 229 g/mol. The van der Waals surface area contributed by atoms with E-state index in [1.807, 2.05) is 0 Å². The lowest BCUT2D eigenvalue weighted by Crippen LogP contribution is -2.28. The van der Waals surface area contributed by atoms with E-state index in [-0.39, 0.29) is 24.1 Å².